The van der Waals surface area contributed by atoms with E-state index in [-0.39, 0.29) is 5.78 Å². The third kappa shape index (κ3) is 3.83. The van der Waals surface area contributed by atoms with Gasteiger partial charge in [-0.1, -0.05) is 55.5 Å². The van der Waals surface area contributed by atoms with Gasteiger partial charge in [-0.15, -0.1) is 10.2 Å². The summed E-state index contributed by atoms with van der Waals surface area (Å²) in [5.74, 6) is 0.362. The number of pyridine rings is 1. The number of Topliss-reactive ketones (excluding diaryl/α,β-unsaturated/α-hetero) is 1. The molecule has 0 aliphatic carbocycles. The molecule has 2 aromatic carbocycles. The zero-order chi connectivity index (χ0) is 21.9. The lowest BCUT2D eigenvalue weighted by molar-refractivity contribution is 0.0990. The molecule has 5 rings (SSSR count). The summed E-state index contributed by atoms with van der Waals surface area (Å²) in [5.41, 5.74) is 4.46. The van der Waals surface area contributed by atoms with Crippen molar-refractivity contribution in [3.63, 3.8) is 0 Å². The Kier molecular flexibility index (Phi) is 5.56. The second kappa shape index (κ2) is 8.80. The highest BCUT2D eigenvalue weighted by Gasteiger charge is 2.28. The van der Waals surface area contributed by atoms with Crippen LogP contribution in [0.3, 0.4) is 0 Å². The Bertz CT molecular complexity index is 1360. The van der Waals surface area contributed by atoms with Crippen LogP contribution in [0.1, 0.15) is 33.7 Å². The van der Waals surface area contributed by atoms with Gasteiger partial charge in [-0.2, -0.15) is 0 Å². The van der Waals surface area contributed by atoms with Crippen LogP contribution < -0.4 is 0 Å². The van der Waals surface area contributed by atoms with Crippen molar-refractivity contribution in [3.05, 3.63) is 95.9 Å². The number of aromatic amines is 1. The average molecular weight is 441 g/mol. The molecule has 32 heavy (non-hydrogen) atoms. The Morgan fingerprint density at radius 3 is 2.72 bits per heavy atom. The molecule has 0 fully saturated rings. The van der Waals surface area contributed by atoms with Gasteiger partial charge in [-0.25, -0.2) is 0 Å². The quantitative estimate of drug-likeness (QED) is 0.251. The van der Waals surface area contributed by atoms with Crippen molar-refractivity contribution in [3.8, 4) is 11.5 Å². The van der Waals surface area contributed by atoms with Gasteiger partial charge in [0.05, 0.1) is 5.56 Å². The largest absolute Gasteiger partial charge is 0.411 e. The summed E-state index contributed by atoms with van der Waals surface area (Å²) in [5, 5.41) is 9.04. The van der Waals surface area contributed by atoms with Crippen LogP contribution in [0.15, 0.2) is 88.9 Å². The normalized spacial score (nSPS) is 12.2. The summed E-state index contributed by atoms with van der Waals surface area (Å²) in [6.45, 7) is 2.11. The number of H-pyrrole nitrogens is 1. The molecule has 0 aliphatic rings. The first-order chi connectivity index (χ1) is 15.7. The van der Waals surface area contributed by atoms with Gasteiger partial charge >= 0.3 is 0 Å². The molecule has 0 radical (unpaired) electrons. The minimum absolute atomic E-state index is 0.0122. The second-order valence-corrected chi connectivity index (χ2v) is 8.34. The van der Waals surface area contributed by atoms with E-state index >= 15 is 0 Å². The zero-order valence-corrected chi connectivity index (χ0v) is 18.2. The first-order valence-corrected chi connectivity index (χ1v) is 11.2. The molecule has 1 N–H and O–H groups in total. The smallest absolute Gasteiger partial charge is 0.277 e. The first kappa shape index (κ1) is 20.2. The van der Waals surface area contributed by atoms with Crippen molar-refractivity contribution in [2.24, 2.45) is 0 Å². The number of nitrogens with zero attached hydrogens (tertiary/aromatic N) is 3. The molecule has 3 aromatic heterocycles. The molecule has 0 amide bonds. The highest BCUT2D eigenvalue weighted by Crippen LogP contribution is 2.39. The maximum Gasteiger partial charge on any atom is 0.277 e. The number of hydrogen-bond donors (Lipinski definition) is 1. The fraction of sp³-hybridized carbons (Fsp3) is 0.120. The van der Waals surface area contributed by atoms with E-state index in [4.69, 9.17) is 4.42 Å². The van der Waals surface area contributed by atoms with E-state index in [1.165, 1.54) is 17.3 Å². The molecular formula is C25H20N4O2S. The van der Waals surface area contributed by atoms with Crippen molar-refractivity contribution in [2.45, 2.75) is 23.8 Å². The van der Waals surface area contributed by atoms with Gasteiger partial charge in [-0.3, -0.25) is 9.78 Å². The molecule has 0 unspecified atom stereocenters. The lowest BCUT2D eigenvalue weighted by Gasteiger charge is -2.13. The maximum absolute atomic E-state index is 13.8. The van der Waals surface area contributed by atoms with Gasteiger partial charge in [0.15, 0.2) is 5.78 Å². The van der Waals surface area contributed by atoms with Crippen LogP contribution in [0.25, 0.3) is 22.4 Å². The SMILES string of the molecule is CCc1cccc2c(C(=O)[C@@H](Sc3nnc(-c4cccnc4)o3)c3ccccc3)c[nH]c12. The van der Waals surface area contributed by atoms with E-state index < -0.39 is 5.25 Å². The van der Waals surface area contributed by atoms with Crippen LogP contribution in [0.2, 0.25) is 0 Å². The Morgan fingerprint density at radius 2 is 1.94 bits per heavy atom. The van der Waals surface area contributed by atoms with Crippen molar-refractivity contribution in [1.29, 1.82) is 0 Å². The fourth-order valence-corrected chi connectivity index (χ4v) is 4.67. The fourth-order valence-electron chi connectivity index (χ4n) is 3.72. The van der Waals surface area contributed by atoms with Crippen molar-refractivity contribution < 1.29 is 9.21 Å². The first-order valence-electron chi connectivity index (χ1n) is 10.3. The van der Waals surface area contributed by atoms with Gasteiger partial charge in [-0.05, 0) is 41.4 Å². The molecule has 0 saturated heterocycles. The number of rotatable bonds is 7. The van der Waals surface area contributed by atoms with Gasteiger partial charge in [0.1, 0.15) is 5.25 Å². The zero-order valence-electron chi connectivity index (χ0n) is 17.4. The van der Waals surface area contributed by atoms with Crippen LogP contribution in [0, 0.1) is 0 Å². The third-order valence-corrected chi connectivity index (χ3v) is 6.41. The van der Waals surface area contributed by atoms with E-state index in [0.29, 0.717) is 16.7 Å². The van der Waals surface area contributed by atoms with Gasteiger partial charge < -0.3 is 9.40 Å². The molecule has 0 aliphatic heterocycles. The molecule has 7 heteroatoms. The highest BCUT2D eigenvalue weighted by molar-refractivity contribution is 8.00. The van der Waals surface area contributed by atoms with Crippen LogP contribution in [-0.4, -0.2) is 25.9 Å². The number of hydrogen-bond acceptors (Lipinski definition) is 6. The average Bonchev–Trinajstić information content (AvgIpc) is 3.50. The third-order valence-electron chi connectivity index (χ3n) is 5.32. The van der Waals surface area contributed by atoms with E-state index in [2.05, 4.69) is 33.2 Å². The van der Waals surface area contributed by atoms with Crippen LogP contribution in [0.4, 0.5) is 0 Å². The predicted octanol–water partition coefficient (Wildman–Crippen LogP) is 5.89. The van der Waals surface area contributed by atoms with Crippen LogP contribution in [0.5, 0.6) is 0 Å². The molecular weight excluding hydrogens is 420 g/mol. The summed E-state index contributed by atoms with van der Waals surface area (Å²) in [4.78, 5) is 21.1. The lowest BCUT2D eigenvalue weighted by atomic mass is 10.0. The molecule has 6 nitrogen and oxygen atoms in total. The topological polar surface area (TPSA) is 84.7 Å². The summed E-state index contributed by atoms with van der Waals surface area (Å²) >= 11 is 1.26. The van der Waals surface area contributed by atoms with Crippen molar-refractivity contribution in [2.75, 3.05) is 0 Å². The second-order valence-electron chi connectivity index (χ2n) is 7.28. The molecule has 0 saturated carbocycles. The number of para-hydroxylation sites is 1. The molecule has 0 spiro atoms. The Morgan fingerprint density at radius 1 is 1.06 bits per heavy atom. The summed E-state index contributed by atoms with van der Waals surface area (Å²) in [6, 6.07) is 19.4. The van der Waals surface area contributed by atoms with Gasteiger partial charge in [0.25, 0.3) is 5.22 Å². The molecule has 1 atom stereocenters. The minimum atomic E-state index is -0.525. The molecule has 158 valence electrons. The standard InChI is InChI=1S/C25H20N4O2S/c1-2-16-10-6-12-19-20(15-27-21(16)19)22(30)23(17-8-4-3-5-9-17)32-25-29-28-24(31-25)18-11-7-13-26-14-18/h3-15,23,27H,2H2,1H3/t23-/m0/s1. The highest BCUT2D eigenvalue weighted by atomic mass is 32.2. The van der Waals surface area contributed by atoms with Crippen molar-refractivity contribution >= 4 is 28.4 Å². The van der Waals surface area contributed by atoms with Crippen LogP contribution >= 0.6 is 11.8 Å². The number of benzene rings is 2. The predicted molar refractivity (Wildman–Crippen MR) is 125 cm³/mol. The van der Waals surface area contributed by atoms with Crippen LogP contribution in [-0.2, 0) is 6.42 Å². The van der Waals surface area contributed by atoms with Crippen molar-refractivity contribution in [1.82, 2.24) is 20.2 Å². The van der Waals surface area contributed by atoms with Gasteiger partial charge in [0, 0.05) is 35.1 Å². The monoisotopic (exact) mass is 440 g/mol. The van der Waals surface area contributed by atoms with E-state index in [9.17, 15) is 4.79 Å². The molecule has 3 heterocycles. The summed E-state index contributed by atoms with van der Waals surface area (Å²) in [6.07, 6.45) is 6.04. The number of aryl methyl sites for hydroxylation is 1. The minimum Gasteiger partial charge on any atom is -0.411 e. The van der Waals surface area contributed by atoms with E-state index in [0.717, 1.165) is 28.5 Å². The summed E-state index contributed by atoms with van der Waals surface area (Å²) < 4.78 is 5.85. The number of nitrogens with one attached hydrogen (secondary N) is 1. The van der Waals surface area contributed by atoms with E-state index in [1.807, 2.05) is 54.6 Å². The van der Waals surface area contributed by atoms with Gasteiger partial charge in [0.2, 0.25) is 5.89 Å². The van der Waals surface area contributed by atoms with E-state index in [1.54, 1.807) is 18.6 Å². The number of ketones is 1. The Hall–Kier alpha value is -3.71. The number of fused-ring (bicyclic) bond motifs is 1. The molecule has 5 aromatic rings. The summed E-state index contributed by atoms with van der Waals surface area (Å²) in [7, 11) is 0. The Balaban J connectivity index is 1.51. The number of carbonyl (C=O) groups is 1. The number of thioether (sulfide) groups is 1. The molecule has 0 bridgehead atoms. The Labute approximate surface area is 189 Å². The number of carbonyl (C=O) groups excluding carboxylic acids is 1. The lowest BCUT2D eigenvalue weighted by Crippen LogP contribution is -2.09. The number of aromatic nitrogens is 4. The maximum atomic E-state index is 13.8.